The van der Waals surface area contributed by atoms with Gasteiger partial charge in [-0.15, -0.1) is 0 Å². The molecule has 0 bridgehead atoms. The Morgan fingerprint density at radius 2 is 1.87 bits per heavy atom. The first-order valence-electron chi connectivity index (χ1n) is 9.09. The summed E-state index contributed by atoms with van der Waals surface area (Å²) >= 11 is 6.39. The van der Waals surface area contributed by atoms with Crippen LogP contribution in [0.4, 0.5) is 0 Å². The van der Waals surface area contributed by atoms with Crippen molar-refractivity contribution in [1.29, 1.82) is 0 Å². The average molecular weight is 424 g/mol. The molecule has 3 aromatic rings. The largest absolute Gasteiger partial charge is 0.497 e. The number of nitrogens with one attached hydrogen (secondary N) is 1. The zero-order chi connectivity index (χ0) is 21.7. The van der Waals surface area contributed by atoms with Crippen molar-refractivity contribution in [1.82, 2.24) is 5.32 Å². The zero-order valence-electron chi connectivity index (χ0n) is 16.1. The quantitative estimate of drug-likeness (QED) is 0.400. The van der Waals surface area contributed by atoms with Crippen molar-refractivity contribution in [3.05, 3.63) is 94.0 Å². The maximum Gasteiger partial charge on any atom is 0.489 e. The fraction of sp³-hybridized carbons (Fsp3) is 0.0909. The number of hydrogen-bond acceptors (Lipinski definition) is 5. The van der Waals surface area contributed by atoms with Crippen molar-refractivity contribution in [3.63, 3.8) is 0 Å². The molecule has 6 nitrogen and oxygen atoms in total. The van der Waals surface area contributed by atoms with Crippen molar-refractivity contribution in [2.24, 2.45) is 0 Å². The predicted molar refractivity (Wildman–Crippen MR) is 115 cm³/mol. The van der Waals surface area contributed by atoms with E-state index in [2.05, 4.69) is 5.32 Å². The molecule has 1 amide bonds. The second-order valence-electron chi connectivity index (χ2n) is 6.54. The van der Waals surface area contributed by atoms with Crippen LogP contribution >= 0.6 is 11.6 Å². The Morgan fingerprint density at radius 3 is 2.53 bits per heavy atom. The van der Waals surface area contributed by atoms with Crippen LogP contribution in [-0.2, 0) is 0 Å². The minimum absolute atomic E-state index is 0.0216. The van der Waals surface area contributed by atoms with E-state index in [0.29, 0.717) is 22.6 Å². The van der Waals surface area contributed by atoms with Gasteiger partial charge in [0, 0.05) is 16.1 Å². The molecule has 8 heteroatoms. The molecule has 0 aliphatic carbocycles. The van der Waals surface area contributed by atoms with Gasteiger partial charge in [0.1, 0.15) is 12.0 Å². The minimum Gasteiger partial charge on any atom is -0.497 e. The smallest absolute Gasteiger partial charge is 0.489 e. The molecule has 0 radical (unpaired) electrons. The molecule has 0 saturated heterocycles. The summed E-state index contributed by atoms with van der Waals surface area (Å²) in [7, 11) is -0.254. The maximum absolute atomic E-state index is 13.0. The number of carbonyl (C=O) groups is 2. The van der Waals surface area contributed by atoms with Crippen molar-refractivity contribution >= 4 is 36.4 Å². The Bertz CT molecular complexity index is 1070. The number of hydrogen-bond donors (Lipinski definition) is 3. The lowest BCUT2D eigenvalue weighted by atomic mass is 9.77. The number of ether oxygens (including phenoxy) is 1. The Hall–Kier alpha value is -3.13. The zero-order valence-corrected chi connectivity index (χ0v) is 16.8. The molecule has 3 aromatic carbocycles. The van der Waals surface area contributed by atoms with Crippen LogP contribution in [-0.4, -0.2) is 36.5 Å². The summed E-state index contributed by atoms with van der Waals surface area (Å²) in [5, 5.41) is 22.1. The molecule has 0 fully saturated rings. The highest BCUT2D eigenvalue weighted by Crippen LogP contribution is 2.30. The number of benzene rings is 3. The highest BCUT2D eigenvalue weighted by Gasteiger charge is 2.22. The Balaban J connectivity index is 2.00. The van der Waals surface area contributed by atoms with E-state index in [4.69, 9.17) is 16.3 Å². The molecule has 1 atom stereocenters. The van der Waals surface area contributed by atoms with Crippen molar-refractivity contribution in [2.75, 3.05) is 7.11 Å². The van der Waals surface area contributed by atoms with Gasteiger partial charge in [-0.25, -0.2) is 0 Å². The third-order valence-corrected chi connectivity index (χ3v) is 5.02. The van der Waals surface area contributed by atoms with Gasteiger partial charge >= 0.3 is 7.12 Å². The molecule has 3 rings (SSSR count). The average Bonchev–Trinajstić information content (AvgIpc) is 2.77. The fourth-order valence-electron chi connectivity index (χ4n) is 3.14. The van der Waals surface area contributed by atoms with Gasteiger partial charge in [-0.05, 0) is 46.9 Å². The summed E-state index contributed by atoms with van der Waals surface area (Å²) in [5.74, 6) is 0.174. The molecule has 0 aliphatic heterocycles. The predicted octanol–water partition coefficient (Wildman–Crippen LogP) is 2.36. The SMILES string of the molecule is COc1cccc(C(NC(=O)c2ccc(B(O)O)c(C=O)c2)c2ccccc2Cl)c1. The van der Waals surface area contributed by atoms with Crippen molar-refractivity contribution in [2.45, 2.75) is 6.04 Å². The van der Waals surface area contributed by atoms with Gasteiger partial charge in [-0.2, -0.15) is 0 Å². The van der Waals surface area contributed by atoms with Gasteiger partial charge in [0.25, 0.3) is 5.91 Å². The van der Waals surface area contributed by atoms with E-state index >= 15 is 0 Å². The van der Waals surface area contributed by atoms with Crippen LogP contribution in [0.5, 0.6) is 5.75 Å². The molecule has 0 heterocycles. The Labute approximate surface area is 179 Å². The highest BCUT2D eigenvalue weighted by molar-refractivity contribution is 6.60. The van der Waals surface area contributed by atoms with Crippen LogP contribution in [0.25, 0.3) is 0 Å². The topological polar surface area (TPSA) is 95.9 Å². The molecule has 3 N–H and O–H groups in total. The molecular formula is C22H19BClNO5. The Morgan fingerprint density at radius 1 is 1.10 bits per heavy atom. The summed E-state index contributed by atoms with van der Waals surface area (Å²) in [6.45, 7) is 0. The van der Waals surface area contributed by atoms with Gasteiger partial charge in [0.2, 0.25) is 0 Å². The monoisotopic (exact) mass is 423 g/mol. The van der Waals surface area contributed by atoms with Gasteiger partial charge in [-0.3, -0.25) is 9.59 Å². The molecule has 0 aliphatic rings. The van der Waals surface area contributed by atoms with Crippen LogP contribution in [0.2, 0.25) is 5.02 Å². The highest BCUT2D eigenvalue weighted by atomic mass is 35.5. The Kier molecular flexibility index (Phi) is 6.89. The number of aldehydes is 1. The fourth-order valence-corrected chi connectivity index (χ4v) is 3.38. The van der Waals surface area contributed by atoms with E-state index in [1.165, 1.54) is 18.2 Å². The lowest BCUT2D eigenvalue weighted by Crippen LogP contribution is -2.34. The third-order valence-electron chi connectivity index (χ3n) is 4.67. The van der Waals surface area contributed by atoms with Gasteiger partial charge in [0.05, 0.1) is 13.2 Å². The maximum atomic E-state index is 13.0. The lowest BCUT2D eigenvalue weighted by molar-refractivity contribution is 0.0943. The number of methoxy groups -OCH3 is 1. The first-order valence-corrected chi connectivity index (χ1v) is 9.47. The molecular weight excluding hydrogens is 405 g/mol. The van der Waals surface area contributed by atoms with Gasteiger partial charge < -0.3 is 20.1 Å². The van der Waals surface area contributed by atoms with Gasteiger partial charge in [0.15, 0.2) is 0 Å². The van der Waals surface area contributed by atoms with Crippen LogP contribution in [0.15, 0.2) is 66.7 Å². The van der Waals surface area contributed by atoms with Gasteiger partial charge in [-0.1, -0.05) is 48.0 Å². The molecule has 152 valence electrons. The standard InChI is InChI=1S/C22H19BClNO5/c1-30-17-6-4-5-14(12-17)21(18-7-2-3-8-20(18)24)25-22(27)15-9-10-19(23(28)29)16(11-15)13-26/h2-13,21,28-29H,1H3,(H,25,27). The third kappa shape index (κ3) is 4.71. The van der Waals surface area contributed by atoms with Crippen molar-refractivity contribution < 1.29 is 24.4 Å². The number of carbonyl (C=O) groups excluding carboxylic acids is 2. The second kappa shape index (κ2) is 9.58. The van der Waals surface area contributed by atoms with E-state index in [1.54, 1.807) is 31.4 Å². The summed E-state index contributed by atoms with van der Waals surface area (Å²) < 4.78 is 5.29. The molecule has 30 heavy (non-hydrogen) atoms. The second-order valence-corrected chi connectivity index (χ2v) is 6.95. The van der Waals surface area contributed by atoms with Crippen LogP contribution in [0, 0.1) is 0 Å². The van der Waals surface area contributed by atoms with Crippen molar-refractivity contribution in [3.8, 4) is 5.75 Å². The normalized spacial score (nSPS) is 11.5. The van der Waals surface area contributed by atoms with Crippen LogP contribution in [0.1, 0.15) is 37.9 Å². The summed E-state index contributed by atoms with van der Waals surface area (Å²) in [5.41, 5.74) is 1.69. The first-order chi connectivity index (χ1) is 14.4. The van der Waals surface area contributed by atoms with Crippen LogP contribution < -0.4 is 15.5 Å². The summed E-state index contributed by atoms with van der Waals surface area (Å²) in [4.78, 5) is 24.3. The van der Waals surface area contributed by atoms with E-state index in [0.717, 1.165) is 5.56 Å². The summed E-state index contributed by atoms with van der Waals surface area (Å²) in [6, 6.07) is 17.9. The molecule has 0 aromatic heterocycles. The molecule has 0 saturated carbocycles. The minimum atomic E-state index is -1.81. The van der Waals surface area contributed by atoms with E-state index < -0.39 is 19.1 Å². The molecule has 0 spiro atoms. The van der Waals surface area contributed by atoms with E-state index in [-0.39, 0.29) is 16.6 Å². The first kappa shape index (κ1) is 21.6. The van der Waals surface area contributed by atoms with Crippen LogP contribution in [0.3, 0.4) is 0 Å². The summed E-state index contributed by atoms with van der Waals surface area (Å²) in [6.07, 6.45) is 0.471. The number of amides is 1. The number of rotatable bonds is 7. The van der Waals surface area contributed by atoms with E-state index in [1.807, 2.05) is 24.3 Å². The number of halogens is 1. The lowest BCUT2D eigenvalue weighted by Gasteiger charge is -2.22. The molecule has 1 unspecified atom stereocenters. The van der Waals surface area contributed by atoms with E-state index in [9.17, 15) is 19.6 Å².